The van der Waals surface area contributed by atoms with Gasteiger partial charge in [-0.3, -0.25) is 9.69 Å². The van der Waals surface area contributed by atoms with Crippen molar-refractivity contribution >= 4 is 38.6 Å². The molecule has 0 N–H and O–H groups in total. The molecule has 29 heavy (non-hydrogen) atoms. The number of benzene rings is 2. The highest BCUT2D eigenvalue weighted by molar-refractivity contribution is 7.22. The van der Waals surface area contributed by atoms with Crippen molar-refractivity contribution in [2.75, 3.05) is 25.2 Å². The van der Waals surface area contributed by atoms with Crippen LogP contribution in [0.25, 0.3) is 10.2 Å². The summed E-state index contributed by atoms with van der Waals surface area (Å²) in [7, 11) is 1.30. The van der Waals surface area contributed by atoms with Crippen LogP contribution in [0.1, 0.15) is 33.6 Å². The Kier molecular flexibility index (Phi) is 5.55. The average Bonchev–Trinajstić information content (AvgIpc) is 3.41. The molecule has 0 spiro atoms. The molecule has 6 nitrogen and oxygen atoms in total. The lowest BCUT2D eigenvalue weighted by Crippen LogP contribution is -2.37. The number of fused-ring (bicyclic) bond motifs is 1. The fourth-order valence-corrected chi connectivity index (χ4v) is 4.27. The number of ether oxygens (including phenoxy) is 2. The van der Waals surface area contributed by atoms with Crippen LogP contribution in [-0.2, 0) is 9.47 Å². The number of hydrogen-bond donors (Lipinski definition) is 0. The van der Waals surface area contributed by atoms with E-state index in [0.717, 1.165) is 12.8 Å². The Balaban J connectivity index is 1.68. The van der Waals surface area contributed by atoms with Gasteiger partial charge in [-0.15, -0.1) is 0 Å². The first-order chi connectivity index (χ1) is 14.1. The zero-order valence-electron chi connectivity index (χ0n) is 15.8. The molecule has 1 unspecified atom stereocenters. The van der Waals surface area contributed by atoms with Gasteiger partial charge >= 0.3 is 5.97 Å². The van der Waals surface area contributed by atoms with E-state index in [1.54, 1.807) is 36.4 Å². The van der Waals surface area contributed by atoms with Crippen molar-refractivity contribution in [2.24, 2.45) is 0 Å². The van der Waals surface area contributed by atoms with Crippen LogP contribution >= 0.6 is 11.3 Å². The molecule has 2 heterocycles. The summed E-state index contributed by atoms with van der Waals surface area (Å²) < 4.78 is 25.2. The third-order valence-corrected chi connectivity index (χ3v) is 5.84. The molecule has 1 atom stereocenters. The van der Waals surface area contributed by atoms with E-state index in [2.05, 4.69) is 4.98 Å². The molecule has 0 aliphatic carbocycles. The highest BCUT2D eigenvalue weighted by atomic mass is 32.1. The number of anilines is 1. The second-order valence-corrected chi connectivity index (χ2v) is 7.71. The highest BCUT2D eigenvalue weighted by Gasteiger charge is 2.27. The zero-order chi connectivity index (χ0) is 20.4. The van der Waals surface area contributed by atoms with Crippen molar-refractivity contribution in [3.63, 3.8) is 0 Å². The topological polar surface area (TPSA) is 68.7 Å². The molecule has 0 saturated carbocycles. The summed E-state index contributed by atoms with van der Waals surface area (Å²) in [6, 6.07) is 11.0. The number of amides is 1. The second kappa shape index (κ2) is 8.26. The van der Waals surface area contributed by atoms with Crippen LogP contribution in [0.3, 0.4) is 0 Å². The minimum Gasteiger partial charge on any atom is -0.465 e. The summed E-state index contributed by atoms with van der Waals surface area (Å²) in [5, 5.41) is 0.419. The van der Waals surface area contributed by atoms with Crippen molar-refractivity contribution < 1.29 is 23.5 Å². The van der Waals surface area contributed by atoms with Crippen LogP contribution in [0.4, 0.5) is 9.52 Å². The normalized spacial score (nSPS) is 16.1. The van der Waals surface area contributed by atoms with Gasteiger partial charge in [0.1, 0.15) is 11.3 Å². The number of aromatic nitrogens is 1. The first-order valence-corrected chi connectivity index (χ1v) is 10.1. The molecular formula is C21H19FN2O4S. The number of thiazole rings is 1. The Labute approximate surface area is 170 Å². The van der Waals surface area contributed by atoms with Crippen molar-refractivity contribution in [1.29, 1.82) is 0 Å². The maximum atomic E-state index is 14.1. The van der Waals surface area contributed by atoms with Gasteiger partial charge < -0.3 is 9.47 Å². The number of carbonyl (C=O) groups excluding carboxylic acids is 2. The molecule has 1 saturated heterocycles. The number of esters is 1. The summed E-state index contributed by atoms with van der Waals surface area (Å²) in [5.74, 6) is -1.17. The molecule has 150 valence electrons. The van der Waals surface area contributed by atoms with E-state index in [0.29, 0.717) is 34.1 Å². The van der Waals surface area contributed by atoms with E-state index in [9.17, 15) is 14.0 Å². The Morgan fingerprint density at radius 3 is 2.66 bits per heavy atom. The molecule has 3 aromatic rings. The highest BCUT2D eigenvalue weighted by Crippen LogP contribution is 2.32. The minimum atomic E-state index is -0.471. The van der Waals surface area contributed by atoms with Crippen LogP contribution in [0.15, 0.2) is 42.5 Å². The summed E-state index contributed by atoms with van der Waals surface area (Å²) >= 11 is 1.26. The van der Waals surface area contributed by atoms with Crippen molar-refractivity contribution in [1.82, 2.24) is 4.98 Å². The van der Waals surface area contributed by atoms with Gasteiger partial charge in [0, 0.05) is 12.2 Å². The van der Waals surface area contributed by atoms with Crippen LogP contribution in [0.5, 0.6) is 0 Å². The number of halogens is 1. The lowest BCUT2D eigenvalue weighted by Gasteiger charge is -2.23. The third-order valence-electron chi connectivity index (χ3n) is 4.80. The van der Waals surface area contributed by atoms with Crippen LogP contribution < -0.4 is 4.90 Å². The molecule has 1 amide bonds. The summed E-state index contributed by atoms with van der Waals surface area (Å²) in [4.78, 5) is 30.8. The van der Waals surface area contributed by atoms with Gasteiger partial charge in [-0.05, 0) is 49.2 Å². The van der Waals surface area contributed by atoms with E-state index in [-0.39, 0.29) is 17.5 Å². The van der Waals surface area contributed by atoms with E-state index < -0.39 is 11.8 Å². The van der Waals surface area contributed by atoms with Gasteiger partial charge in [0.05, 0.1) is 30.0 Å². The fraction of sp³-hybridized carbons (Fsp3) is 0.286. The second-order valence-electron chi connectivity index (χ2n) is 6.70. The van der Waals surface area contributed by atoms with Gasteiger partial charge in [0.2, 0.25) is 0 Å². The van der Waals surface area contributed by atoms with E-state index >= 15 is 0 Å². The number of nitrogens with zero attached hydrogens (tertiary/aromatic N) is 2. The molecule has 0 radical (unpaired) electrons. The lowest BCUT2D eigenvalue weighted by molar-refractivity contribution is 0.0600. The number of carbonyl (C=O) groups is 2. The average molecular weight is 414 g/mol. The van der Waals surface area contributed by atoms with Crippen molar-refractivity contribution in [3.8, 4) is 0 Å². The molecule has 1 aliphatic heterocycles. The summed E-state index contributed by atoms with van der Waals surface area (Å²) in [6.07, 6.45) is 1.70. The van der Waals surface area contributed by atoms with Crippen LogP contribution in [0, 0.1) is 5.82 Å². The minimum absolute atomic E-state index is 0.0925. The third kappa shape index (κ3) is 3.99. The predicted octanol–water partition coefficient (Wildman–Crippen LogP) is 4.05. The number of hydrogen-bond acceptors (Lipinski definition) is 6. The maximum Gasteiger partial charge on any atom is 0.337 e. The standard InChI is InChI=1S/C21H19FN2O4S/c1-27-20(26)14-9-7-13(8-10-14)19(25)24(12-15-4-3-11-28-15)21-23-18-16(22)5-2-6-17(18)29-21/h2,5-10,15H,3-4,11-12H2,1H3. The first kappa shape index (κ1) is 19.5. The molecular weight excluding hydrogens is 395 g/mol. The number of methoxy groups -OCH3 is 1. The molecule has 1 fully saturated rings. The zero-order valence-corrected chi connectivity index (χ0v) is 16.6. The maximum absolute atomic E-state index is 14.1. The van der Waals surface area contributed by atoms with Crippen molar-refractivity contribution in [2.45, 2.75) is 18.9 Å². The number of para-hydroxylation sites is 1. The van der Waals surface area contributed by atoms with E-state index in [4.69, 9.17) is 9.47 Å². The molecule has 4 rings (SSSR count). The predicted molar refractivity (Wildman–Crippen MR) is 108 cm³/mol. The molecule has 0 bridgehead atoms. The Bertz CT molecular complexity index is 1040. The quantitative estimate of drug-likeness (QED) is 0.589. The molecule has 1 aliphatic rings. The monoisotopic (exact) mass is 414 g/mol. The Morgan fingerprint density at radius 2 is 2.00 bits per heavy atom. The van der Waals surface area contributed by atoms with Gasteiger partial charge in [-0.2, -0.15) is 0 Å². The molecule has 2 aromatic carbocycles. The number of rotatable bonds is 5. The molecule has 8 heteroatoms. The van der Waals surface area contributed by atoms with Crippen LogP contribution in [-0.4, -0.2) is 43.2 Å². The van der Waals surface area contributed by atoms with Gasteiger partial charge in [0.25, 0.3) is 5.91 Å². The van der Waals surface area contributed by atoms with E-state index in [1.165, 1.54) is 29.4 Å². The lowest BCUT2D eigenvalue weighted by atomic mass is 10.1. The van der Waals surface area contributed by atoms with Gasteiger partial charge in [0.15, 0.2) is 5.13 Å². The first-order valence-electron chi connectivity index (χ1n) is 9.23. The van der Waals surface area contributed by atoms with Crippen LogP contribution in [0.2, 0.25) is 0 Å². The van der Waals surface area contributed by atoms with E-state index in [1.807, 2.05) is 0 Å². The summed E-state index contributed by atoms with van der Waals surface area (Å²) in [6.45, 7) is 0.994. The largest absolute Gasteiger partial charge is 0.465 e. The smallest absolute Gasteiger partial charge is 0.337 e. The van der Waals surface area contributed by atoms with Gasteiger partial charge in [-0.1, -0.05) is 17.4 Å². The SMILES string of the molecule is COC(=O)c1ccc(C(=O)N(CC2CCCO2)c2nc3c(F)cccc3s2)cc1. The van der Waals surface area contributed by atoms with Gasteiger partial charge in [-0.25, -0.2) is 14.2 Å². The summed E-state index contributed by atoms with van der Waals surface area (Å²) in [5.41, 5.74) is 1.01. The van der Waals surface area contributed by atoms with Crippen molar-refractivity contribution in [3.05, 3.63) is 59.4 Å². The Hall–Kier alpha value is -2.84. The molecule has 1 aromatic heterocycles. The Morgan fingerprint density at radius 1 is 1.24 bits per heavy atom. The fourth-order valence-electron chi connectivity index (χ4n) is 3.28.